The Morgan fingerprint density at radius 3 is 2.78 bits per heavy atom. The van der Waals surface area contributed by atoms with Crippen LogP contribution >= 0.6 is 0 Å². The fraction of sp³-hybridized carbons (Fsp3) is 0.529. The second-order valence-electron chi connectivity index (χ2n) is 6.39. The molecule has 1 heterocycles. The maximum Gasteiger partial charge on any atom is 0.407 e. The van der Waals surface area contributed by atoms with Crippen molar-refractivity contribution >= 4 is 17.7 Å². The van der Waals surface area contributed by atoms with E-state index in [9.17, 15) is 9.59 Å². The zero-order chi connectivity index (χ0) is 16.9. The van der Waals surface area contributed by atoms with Crippen LogP contribution < -0.4 is 15.0 Å². The molecule has 1 aromatic rings. The van der Waals surface area contributed by atoms with Crippen LogP contribution in [-0.2, 0) is 9.53 Å². The van der Waals surface area contributed by atoms with Gasteiger partial charge >= 0.3 is 6.09 Å². The summed E-state index contributed by atoms with van der Waals surface area (Å²) >= 11 is 0. The molecule has 0 aromatic heterocycles. The first-order valence-electron chi connectivity index (χ1n) is 7.86. The zero-order valence-corrected chi connectivity index (χ0v) is 13.9. The van der Waals surface area contributed by atoms with E-state index in [4.69, 9.17) is 9.47 Å². The van der Waals surface area contributed by atoms with Gasteiger partial charge in [0.05, 0.1) is 12.2 Å². The summed E-state index contributed by atoms with van der Waals surface area (Å²) in [7, 11) is 0. The molecule has 6 nitrogen and oxygen atoms in total. The second-order valence-corrected chi connectivity index (χ2v) is 6.39. The Hall–Kier alpha value is -2.24. The molecule has 1 N–H and O–H groups in total. The second kappa shape index (κ2) is 7.35. The summed E-state index contributed by atoms with van der Waals surface area (Å²) in [6.45, 7) is 6.89. The Labute approximate surface area is 136 Å². The van der Waals surface area contributed by atoms with E-state index in [1.54, 1.807) is 4.90 Å². The molecule has 1 aliphatic heterocycles. The minimum Gasteiger partial charge on any atom is -0.490 e. The third-order valence-electron chi connectivity index (χ3n) is 3.27. The summed E-state index contributed by atoms with van der Waals surface area (Å²) in [4.78, 5) is 25.6. The number of ether oxygens (including phenoxy) is 2. The van der Waals surface area contributed by atoms with Crippen LogP contribution in [0.5, 0.6) is 5.75 Å². The van der Waals surface area contributed by atoms with Crippen LogP contribution in [0.1, 0.15) is 33.6 Å². The van der Waals surface area contributed by atoms with Crippen molar-refractivity contribution in [3.63, 3.8) is 0 Å². The van der Waals surface area contributed by atoms with E-state index in [2.05, 4.69) is 5.32 Å². The number of carbonyl (C=O) groups excluding carboxylic acids is 2. The van der Waals surface area contributed by atoms with Gasteiger partial charge in [-0.1, -0.05) is 12.1 Å². The molecule has 1 aromatic carbocycles. The first kappa shape index (κ1) is 17.1. The summed E-state index contributed by atoms with van der Waals surface area (Å²) in [5.74, 6) is 0.769. The molecule has 0 radical (unpaired) electrons. The molecule has 0 saturated carbocycles. The molecular formula is C17H24N2O4. The molecule has 0 bridgehead atoms. The Kier molecular flexibility index (Phi) is 5.47. The predicted molar refractivity (Wildman–Crippen MR) is 87.8 cm³/mol. The highest BCUT2D eigenvalue weighted by molar-refractivity contribution is 5.95. The Balaban J connectivity index is 1.77. The van der Waals surface area contributed by atoms with E-state index < -0.39 is 11.7 Å². The van der Waals surface area contributed by atoms with Crippen LogP contribution in [0.3, 0.4) is 0 Å². The lowest BCUT2D eigenvalue weighted by molar-refractivity contribution is -0.119. The summed E-state index contributed by atoms with van der Waals surface area (Å²) < 4.78 is 10.7. The van der Waals surface area contributed by atoms with E-state index in [-0.39, 0.29) is 5.91 Å². The zero-order valence-electron chi connectivity index (χ0n) is 13.9. The van der Waals surface area contributed by atoms with Crippen LogP contribution in [0, 0.1) is 0 Å². The van der Waals surface area contributed by atoms with Crippen molar-refractivity contribution in [2.75, 3.05) is 24.6 Å². The van der Waals surface area contributed by atoms with Gasteiger partial charge in [-0.05, 0) is 39.3 Å². The van der Waals surface area contributed by atoms with Crippen LogP contribution in [0.4, 0.5) is 10.5 Å². The minimum atomic E-state index is -0.516. The predicted octanol–water partition coefficient (Wildman–Crippen LogP) is 2.72. The van der Waals surface area contributed by atoms with Gasteiger partial charge in [-0.15, -0.1) is 0 Å². The maximum absolute atomic E-state index is 12.4. The number of benzene rings is 1. The molecule has 2 rings (SSSR count). The van der Waals surface area contributed by atoms with Crippen LogP contribution in [-0.4, -0.2) is 37.3 Å². The lowest BCUT2D eigenvalue weighted by Crippen LogP contribution is -2.38. The van der Waals surface area contributed by atoms with Gasteiger partial charge in [0.2, 0.25) is 5.91 Å². The van der Waals surface area contributed by atoms with E-state index in [1.165, 1.54) is 0 Å². The highest BCUT2D eigenvalue weighted by Crippen LogP contribution is 2.31. The number of nitrogens with one attached hydrogen (secondary N) is 1. The van der Waals surface area contributed by atoms with Crippen molar-refractivity contribution in [2.24, 2.45) is 0 Å². The standard InChI is InChI=1S/C17H24N2O4/c1-17(2,3)23-16(21)18-10-6-9-15(20)19-11-12-22-14-8-5-4-7-13(14)19/h4-5,7-8H,6,9-12H2,1-3H3,(H,18,21). The van der Waals surface area contributed by atoms with Gasteiger partial charge in [-0.25, -0.2) is 4.79 Å². The molecular weight excluding hydrogens is 296 g/mol. The lowest BCUT2D eigenvalue weighted by Gasteiger charge is -2.29. The van der Waals surface area contributed by atoms with Crippen LogP contribution in [0.15, 0.2) is 24.3 Å². The molecule has 0 saturated heterocycles. The average Bonchev–Trinajstić information content (AvgIpc) is 2.49. The molecule has 126 valence electrons. The van der Waals surface area contributed by atoms with Gasteiger partial charge in [0.15, 0.2) is 0 Å². The molecule has 0 unspecified atom stereocenters. The largest absolute Gasteiger partial charge is 0.490 e. The Morgan fingerprint density at radius 2 is 2.04 bits per heavy atom. The van der Waals surface area contributed by atoms with Gasteiger partial charge in [0, 0.05) is 13.0 Å². The molecule has 0 fully saturated rings. The number of para-hydroxylation sites is 2. The number of fused-ring (bicyclic) bond motifs is 1. The maximum atomic E-state index is 12.4. The summed E-state index contributed by atoms with van der Waals surface area (Å²) in [5, 5.41) is 2.66. The van der Waals surface area contributed by atoms with Crippen molar-refractivity contribution in [1.29, 1.82) is 0 Å². The van der Waals surface area contributed by atoms with Crippen LogP contribution in [0.2, 0.25) is 0 Å². The fourth-order valence-electron chi connectivity index (χ4n) is 2.31. The molecule has 0 aliphatic carbocycles. The smallest absolute Gasteiger partial charge is 0.407 e. The number of carbonyl (C=O) groups is 2. The number of hydrogen-bond donors (Lipinski definition) is 1. The SMILES string of the molecule is CC(C)(C)OC(=O)NCCCC(=O)N1CCOc2ccccc21. The normalized spacial score (nSPS) is 13.8. The number of anilines is 1. The quantitative estimate of drug-likeness (QED) is 0.866. The summed E-state index contributed by atoms with van der Waals surface area (Å²) in [6.07, 6.45) is 0.475. The van der Waals surface area contributed by atoms with Crippen molar-refractivity contribution in [3.05, 3.63) is 24.3 Å². The van der Waals surface area contributed by atoms with Gasteiger partial charge in [-0.2, -0.15) is 0 Å². The highest BCUT2D eigenvalue weighted by atomic mass is 16.6. The summed E-state index contributed by atoms with van der Waals surface area (Å²) in [6, 6.07) is 7.51. The fourth-order valence-corrected chi connectivity index (χ4v) is 2.31. The third kappa shape index (κ3) is 5.16. The van der Waals surface area contributed by atoms with Crippen molar-refractivity contribution in [2.45, 2.75) is 39.2 Å². The van der Waals surface area contributed by atoms with Gasteiger partial charge < -0.3 is 19.7 Å². The summed E-state index contributed by atoms with van der Waals surface area (Å²) in [5.41, 5.74) is 0.293. The average molecular weight is 320 g/mol. The Bertz CT molecular complexity index is 566. The topological polar surface area (TPSA) is 67.9 Å². The van der Waals surface area contributed by atoms with Crippen molar-refractivity contribution in [3.8, 4) is 5.75 Å². The molecule has 0 atom stereocenters. The van der Waals surface area contributed by atoms with Crippen molar-refractivity contribution in [1.82, 2.24) is 5.32 Å². The monoisotopic (exact) mass is 320 g/mol. The third-order valence-corrected chi connectivity index (χ3v) is 3.27. The highest BCUT2D eigenvalue weighted by Gasteiger charge is 2.22. The molecule has 2 amide bonds. The van der Waals surface area contributed by atoms with Gasteiger partial charge in [0.25, 0.3) is 0 Å². The number of rotatable bonds is 4. The van der Waals surface area contributed by atoms with E-state index in [1.807, 2.05) is 45.0 Å². The molecule has 0 spiro atoms. The van der Waals surface area contributed by atoms with Gasteiger partial charge in [0.1, 0.15) is 18.0 Å². The molecule has 6 heteroatoms. The van der Waals surface area contributed by atoms with Crippen molar-refractivity contribution < 1.29 is 19.1 Å². The minimum absolute atomic E-state index is 0.0340. The molecule has 1 aliphatic rings. The first-order chi connectivity index (χ1) is 10.9. The number of amides is 2. The van der Waals surface area contributed by atoms with E-state index >= 15 is 0 Å². The lowest BCUT2D eigenvalue weighted by atomic mass is 10.2. The number of hydrogen-bond acceptors (Lipinski definition) is 4. The van der Waals surface area contributed by atoms with Crippen LogP contribution in [0.25, 0.3) is 0 Å². The molecule has 23 heavy (non-hydrogen) atoms. The van der Waals surface area contributed by atoms with Gasteiger partial charge in [-0.3, -0.25) is 4.79 Å². The Morgan fingerprint density at radius 1 is 1.30 bits per heavy atom. The van der Waals surface area contributed by atoms with E-state index in [0.29, 0.717) is 32.5 Å². The number of nitrogens with zero attached hydrogens (tertiary/aromatic N) is 1. The number of alkyl carbamates (subject to hydrolysis) is 1. The van der Waals surface area contributed by atoms with E-state index in [0.717, 1.165) is 11.4 Å². The first-order valence-corrected chi connectivity index (χ1v) is 7.86.